The van der Waals surface area contributed by atoms with Crippen LogP contribution in [0.3, 0.4) is 0 Å². The van der Waals surface area contributed by atoms with Crippen LogP contribution in [0, 0.1) is 17.2 Å². The number of rotatable bonds is 6. The van der Waals surface area contributed by atoms with Crippen molar-refractivity contribution in [2.24, 2.45) is 5.92 Å². The van der Waals surface area contributed by atoms with Crippen LogP contribution in [0.5, 0.6) is 5.75 Å². The third-order valence-corrected chi connectivity index (χ3v) is 4.81. The van der Waals surface area contributed by atoms with Crippen LogP contribution in [0.15, 0.2) is 24.3 Å². The van der Waals surface area contributed by atoms with Gasteiger partial charge in [0.15, 0.2) is 0 Å². The number of ether oxygens (including phenoxy) is 1. The number of hydrogen-bond donors (Lipinski definition) is 0. The summed E-state index contributed by atoms with van der Waals surface area (Å²) in [5.74, 6) is 1.59. The normalized spacial score (nSPS) is 13.9. The van der Waals surface area contributed by atoms with Crippen LogP contribution in [-0.4, -0.2) is 21.8 Å². The summed E-state index contributed by atoms with van der Waals surface area (Å²) >= 11 is 0. The van der Waals surface area contributed by atoms with E-state index in [1.807, 2.05) is 6.92 Å². The van der Waals surface area contributed by atoms with Crippen molar-refractivity contribution in [2.45, 2.75) is 26.0 Å². The molecule has 1 aromatic rings. The lowest BCUT2D eigenvalue weighted by Gasteiger charge is -2.15. The molecule has 0 bridgehead atoms. The van der Waals surface area contributed by atoms with Gasteiger partial charge in [-0.1, -0.05) is 26.8 Å². The van der Waals surface area contributed by atoms with E-state index < -0.39 is 10.8 Å². The SMILES string of the molecule is CC(C)C(C)S(=O)CCOc1cccc(C#N)c1. The molecule has 0 aliphatic heterocycles. The standard InChI is InChI=1S/C14H19NO2S/c1-11(2)12(3)18(16)8-7-17-14-6-4-5-13(9-14)10-15/h4-6,9,11-12H,7-8H2,1-3H3. The molecule has 0 fully saturated rings. The summed E-state index contributed by atoms with van der Waals surface area (Å²) in [5, 5.41) is 8.94. The third kappa shape index (κ3) is 4.50. The van der Waals surface area contributed by atoms with Gasteiger partial charge in [-0.15, -0.1) is 0 Å². The lowest BCUT2D eigenvalue weighted by molar-refractivity contribution is 0.342. The second-order valence-corrected chi connectivity index (χ2v) is 6.44. The van der Waals surface area contributed by atoms with Crippen LogP contribution < -0.4 is 4.74 Å². The summed E-state index contributed by atoms with van der Waals surface area (Å²) in [6.45, 7) is 6.55. The highest BCUT2D eigenvalue weighted by Gasteiger charge is 2.14. The number of nitriles is 1. The minimum absolute atomic E-state index is 0.180. The van der Waals surface area contributed by atoms with E-state index in [0.717, 1.165) is 0 Å². The maximum atomic E-state index is 11.9. The molecule has 4 heteroatoms. The average molecular weight is 265 g/mol. The molecular weight excluding hydrogens is 246 g/mol. The van der Waals surface area contributed by atoms with E-state index in [9.17, 15) is 4.21 Å². The van der Waals surface area contributed by atoms with E-state index in [-0.39, 0.29) is 5.25 Å². The largest absolute Gasteiger partial charge is 0.493 e. The molecular formula is C14H19NO2S. The topological polar surface area (TPSA) is 50.1 Å². The van der Waals surface area contributed by atoms with Gasteiger partial charge in [-0.2, -0.15) is 5.26 Å². The summed E-state index contributed by atoms with van der Waals surface area (Å²) in [6.07, 6.45) is 0. The van der Waals surface area contributed by atoms with Gasteiger partial charge < -0.3 is 4.74 Å². The van der Waals surface area contributed by atoms with Crippen LogP contribution in [-0.2, 0) is 10.8 Å². The molecule has 0 aliphatic carbocycles. The zero-order valence-corrected chi connectivity index (χ0v) is 11.9. The third-order valence-electron chi connectivity index (χ3n) is 2.87. The highest BCUT2D eigenvalue weighted by molar-refractivity contribution is 7.85. The lowest BCUT2D eigenvalue weighted by Crippen LogP contribution is -2.22. The Morgan fingerprint density at radius 2 is 2.11 bits per heavy atom. The van der Waals surface area contributed by atoms with Crippen molar-refractivity contribution in [1.29, 1.82) is 5.26 Å². The Hall–Kier alpha value is -1.34. The highest BCUT2D eigenvalue weighted by Crippen LogP contribution is 2.13. The Kier molecular flexibility index (Phi) is 5.87. The van der Waals surface area contributed by atoms with Crippen molar-refractivity contribution in [3.63, 3.8) is 0 Å². The molecule has 0 aromatic heterocycles. The molecule has 0 saturated heterocycles. The van der Waals surface area contributed by atoms with Gasteiger partial charge in [0.25, 0.3) is 0 Å². The molecule has 0 radical (unpaired) electrons. The molecule has 0 aliphatic rings. The zero-order valence-electron chi connectivity index (χ0n) is 11.1. The molecule has 3 nitrogen and oxygen atoms in total. The van der Waals surface area contributed by atoms with E-state index in [2.05, 4.69) is 19.9 Å². The van der Waals surface area contributed by atoms with E-state index in [1.54, 1.807) is 24.3 Å². The number of benzene rings is 1. The first-order valence-corrected chi connectivity index (χ1v) is 7.43. The molecule has 0 heterocycles. The molecule has 0 amide bonds. The van der Waals surface area contributed by atoms with Gasteiger partial charge in [0.2, 0.25) is 0 Å². The van der Waals surface area contributed by atoms with Gasteiger partial charge in [0, 0.05) is 16.0 Å². The fourth-order valence-corrected chi connectivity index (χ4v) is 2.61. The molecule has 0 saturated carbocycles. The second kappa shape index (κ2) is 7.17. The quantitative estimate of drug-likeness (QED) is 0.794. The Morgan fingerprint density at radius 1 is 1.39 bits per heavy atom. The van der Waals surface area contributed by atoms with E-state index in [1.165, 1.54) is 0 Å². The van der Waals surface area contributed by atoms with Crippen molar-refractivity contribution in [3.8, 4) is 11.8 Å². The summed E-state index contributed by atoms with van der Waals surface area (Å²) in [5.41, 5.74) is 0.573. The fraction of sp³-hybridized carbons (Fsp3) is 0.500. The Morgan fingerprint density at radius 3 is 2.72 bits per heavy atom. The molecule has 1 rings (SSSR count). The first-order chi connectivity index (χ1) is 8.54. The van der Waals surface area contributed by atoms with Crippen LogP contribution >= 0.6 is 0 Å². The zero-order chi connectivity index (χ0) is 13.5. The number of hydrogen-bond acceptors (Lipinski definition) is 3. The lowest BCUT2D eigenvalue weighted by atomic mass is 10.2. The van der Waals surface area contributed by atoms with Gasteiger partial charge in [0.1, 0.15) is 5.75 Å². The van der Waals surface area contributed by atoms with Gasteiger partial charge in [-0.25, -0.2) is 0 Å². The number of nitrogens with zero attached hydrogens (tertiary/aromatic N) is 1. The van der Waals surface area contributed by atoms with Gasteiger partial charge in [-0.05, 0) is 24.1 Å². The van der Waals surface area contributed by atoms with Crippen LogP contribution in [0.2, 0.25) is 0 Å². The fourth-order valence-electron chi connectivity index (χ4n) is 1.39. The summed E-state index contributed by atoms with van der Waals surface area (Å²) in [6, 6.07) is 9.06. The first-order valence-electron chi connectivity index (χ1n) is 6.04. The van der Waals surface area contributed by atoms with Crippen molar-refractivity contribution in [3.05, 3.63) is 29.8 Å². The van der Waals surface area contributed by atoms with Crippen molar-refractivity contribution >= 4 is 10.8 Å². The molecule has 0 spiro atoms. The molecule has 18 heavy (non-hydrogen) atoms. The van der Waals surface area contributed by atoms with E-state index in [4.69, 9.17) is 10.00 Å². The monoisotopic (exact) mass is 265 g/mol. The van der Waals surface area contributed by atoms with Gasteiger partial charge >= 0.3 is 0 Å². The van der Waals surface area contributed by atoms with Crippen LogP contribution in [0.4, 0.5) is 0 Å². The van der Waals surface area contributed by atoms with Crippen LogP contribution in [0.1, 0.15) is 26.3 Å². The maximum Gasteiger partial charge on any atom is 0.120 e. The van der Waals surface area contributed by atoms with Crippen LogP contribution in [0.25, 0.3) is 0 Å². The average Bonchev–Trinajstić information content (AvgIpc) is 2.37. The maximum absolute atomic E-state index is 11.9. The van der Waals surface area contributed by atoms with Crippen molar-refractivity contribution in [1.82, 2.24) is 0 Å². The van der Waals surface area contributed by atoms with Crippen molar-refractivity contribution < 1.29 is 8.95 Å². The second-order valence-electron chi connectivity index (χ2n) is 4.52. The smallest absolute Gasteiger partial charge is 0.120 e. The minimum atomic E-state index is -0.866. The molecule has 2 atom stereocenters. The molecule has 98 valence electrons. The highest BCUT2D eigenvalue weighted by atomic mass is 32.2. The Balaban J connectivity index is 2.42. The predicted octanol–water partition coefficient (Wildman–Crippen LogP) is 2.73. The Labute approximate surface area is 111 Å². The molecule has 0 N–H and O–H groups in total. The minimum Gasteiger partial charge on any atom is -0.493 e. The van der Waals surface area contributed by atoms with E-state index >= 15 is 0 Å². The first kappa shape index (κ1) is 14.7. The van der Waals surface area contributed by atoms with E-state index in [0.29, 0.717) is 29.6 Å². The summed E-state index contributed by atoms with van der Waals surface area (Å²) in [4.78, 5) is 0. The predicted molar refractivity (Wildman–Crippen MR) is 74.0 cm³/mol. The van der Waals surface area contributed by atoms with Gasteiger partial charge in [-0.3, -0.25) is 4.21 Å². The molecule has 2 unspecified atom stereocenters. The summed E-state index contributed by atoms with van der Waals surface area (Å²) < 4.78 is 17.4. The van der Waals surface area contributed by atoms with Crippen molar-refractivity contribution in [2.75, 3.05) is 12.4 Å². The van der Waals surface area contributed by atoms with Gasteiger partial charge in [0.05, 0.1) is 24.0 Å². The Bertz CT molecular complexity index is 451. The summed E-state index contributed by atoms with van der Waals surface area (Å²) in [7, 11) is -0.866. The molecule has 1 aromatic carbocycles.